The predicted octanol–water partition coefficient (Wildman–Crippen LogP) is 1.24. The molecular formula is C26H36N2O8. The molecule has 2 saturated heterocycles. The van der Waals surface area contributed by atoms with Gasteiger partial charge in [0.2, 0.25) is 12.2 Å². The van der Waals surface area contributed by atoms with Crippen molar-refractivity contribution >= 4 is 0 Å². The highest BCUT2D eigenvalue weighted by Gasteiger charge is 2.45. The van der Waals surface area contributed by atoms with Crippen molar-refractivity contribution in [2.24, 2.45) is 0 Å². The lowest BCUT2D eigenvalue weighted by Crippen LogP contribution is -2.60. The van der Waals surface area contributed by atoms with Crippen molar-refractivity contribution in [1.82, 2.24) is 9.78 Å². The fraction of sp³-hybridized carbons (Fsp3) is 0.654. The van der Waals surface area contributed by atoms with Gasteiger partial charge >= 0.3 is 0 Å². The second-order valence-corrected chi connectivity index (χ2v) is 9.99. The Morgan fingerprint density at radius 3 is 2.42 bits per heavy atom. The molecule has 2 aliphatic heterocycles. The monoisotopic (exact) mass is 504 g/mol. The van der Waals surface area contributed by atoms with E-state index < -0.39 is 37.3 Å². The molecule has 0 radical (unpaired) electrons. The lowest BCUT2D eigenvalue weighted by atomic mass is 9.99. The molecule has 1 unspecified atom stereocenters. The molecule has 10 nitrogen and oxygen atoms in total. The minimum Gasteiger partial charge on any atom is -0.490 e. The molecule has 10 heteroatoms. The fourth-order valence-electron chi connectivity index (χ4n) is 5.26. The largest absolute Gasteiger partial charge is 0.490 e. The van der Waals surface area contributed by atoms with Crippen LogP contribution in [0.4, 0.5) is 0 Å². The summed E-state index contributed by atoms with van der Waals surface area (Å²) in [6.07, 6.45) is -0.568. The highest BCUT2D eigenvalue weighted by molar-refractivity contribution is 5.38. The Morgan fingerprint density at radius 2 is 1.75 bits per heavy atom. The molecule has 0 spiro atoms. The van der Waals surface area contributed by atoms with Gasteiger partial charge in [-0.2, -0.15) is 0 Å². The normalized spacial score (nSPS) is 31.1. The first-order valence-corrected chi connectivity index (χ1v) is 12.8. The SMILES string of the molecule is Cc1c(Cc2ccc(OC3CCCC3)cc2)c(O[C@@H]2O[C@H](CO)[C@@H](O)[C@H](O)[C@H]2O)nn1C1CCOC1. The van der Waals surface area contributed by atoms with Crippen molar-refractivity contribution in [2.75, 3.05) is 19.8 Å². The number of aromatic nitrogens is 2. The van der Waals surface area contributed by atoms with E-state index in [4.69, 9.17) is 18.9 Å². The van der Waals surface area contributed by atoms with E-state index in [0.29, 0.717) is 25.7 Å². The Kier molecular flexibility index (Phi) is 7.80. The van der Waals surface area contributed by atoms with Crippen molar-refractivity contribution in [3.8, 4) is 11.6 Å². The van der Waals surface area contributed by atoms with Crippen LogP contribution in [0.25, 0.3) is 0 Å². The number of nitrogens with zero attached hydrogens (tertiary/aromatic N) is 2. The number of hydrogen-bond acceptors (Lipinski definition) is 9. The Balaban J connectivity index is 1.38. The third-order valence-corrected chi connectivity index (χ3v) is 7.47. The van der Waals surface area contributed by atoms with Gasteiger partial charge in [-0.1, -0.05) is 12.1 Å². The van der Waals surface area contributed by atoms with Crippen molar-refractivity contribution < 1.29 is 39.4 Å². The molecule has 1 saturated carbocycles. The first kappa shape index (κ1) is 25.4. The summed E-state index contributed by atoms with van der Waals surface area (Å²) in [6.45, 7) is 2.65. The van der Waals surface area contributed by atoms with Crippen LogP contribution >= 0.6 is 0 Å². The molecule has 6 atom stereocenters. The van der Waals surface area contributed by atoms with Crippen molar-refractivity contribution in [2.45, 2.75) is 88.3 Å². The van der Waals surface area contributed by atoms with Crippen molar-refractivity contribution in [3.05, 3.63) is 41.1 Å². The molecule has 1 aliphatic carbocycles. The summed E-state index contributed by atoms with van der Waals surface area (Å²) in [5, 5.41) is 45.0. The van der Waals surface area contributed by atoms with Gasteiger partial charge in [-0.3, -0.25) is 4.68 Å². The molecule has 3 fully saturated rings. The van der Waals surface area contributed by atoms with E-state index in [2.05, 4.69) is 5.10 Å². The van der Waals surface area contributed by atoms with E-state index in [1.54, 1.807) is 0 Å². The maximum atomic E-state index is 10.5. The van der Waals surface area contributed by atoms with Crippen molar-refractivity contribution in [3.63, 3.8) is 0 Å². The Bertz CT molecular complexity index is 998. The zero-order valence-electron chi connectivity index (χ0n) is 20.5. The van der Waals surface area contributed by atoms with Gasteiger partial charge in [0.15, 0.2) is 0 Å². The van der Waals surface area contributed by atoms with Gasteiger partial charge in [-0.05, 0) is 56.7 Å². The van der Waals surface area contributed by atoms with Gasteiger partial charge in [0, 0.05) is 24.3 Å². The lowest BCUT2D eigenvalue weighted by Gasteiger charge is -2.39. The van der Waals surface area contributed by atoms with Gasteiger partial charge in [-0.25, -0.2) is 0 Å². The number of aliphatic hydroxyl groups excluding tert-OH is 4. The average Bonchev–Trinajstić information content (AvgIpc) is 3.65. The van der Waals surface area contributed by atoms with Gasteiger partial charge in [0.1, 0.15) is 30.2 Å². The number of benzene rings is 1. The molecule has 2 aromatic rings. The average molecular weight is 505 g/mol. The summed E-state index contributed by atoms with van der Waals surface area (Å²) in [5.74, 6) is 1.13. The second kappa shape index (κ2) is 11.0. The van der Waals surface area contributed by atoms with Gasteiger partial charge in [0.05, 0.1) is 25.4 Å². The minimum absolute atomic E-state index is 0.0677. The van der Waals surface area contributed by atoms with Crippen LogP contribution in [-0.4, -0.2) is 86.8 Å². The summed E-state index contributed by atoms with van der Waals surface area (Å²) >= 11 is 0. The van der Waals surface area contributed by atoms with E-state index in [1.165, 1.54) is 12.8 Å². The summed E-state index contributed by atoms with van der Waals surface area (Å²) < 4.78 is 25.1. The highest BCUT2D eigenvalue weighted by Crippen LogP contribution is 2.33. The third kappa shape index (κ3) is 5.25. The topological polar surface area (TPSA) is 136 Å². The smallest absolute Gasteiger partial charge is 0.239 e. The van der Waals surface area contributed by atoms with Gasteiger partial charge < -0.3 is 39.4 Å². The molecule has 36 heavy (non-hydrogen) atoms. The third-order valence-electron chi connectivity index (χ3n) is 7.47. The molecule has 3 aliphatic rings. The van der Waals surface area contributed by atoms with E-state index in [1.807, 2.05) is 35.9 Å². The molecular weight excluding hydrogens is 468 g/mol. The van der Waals surface area contributed by atoms with E-state index in [-0.39, 0.29) is 11.9 Å². The zero-order chi connectivity index (χ0) is 25.2. The predicted molar refractivity (Wildman–Crippen MR) is 128 cm³/mol. The molecule has 0 amide bonds. The maximum absolute atomic E-state index is 10.5. The van der Waals surface area contributed by atoms with Crippen LogP contribution in [-0.2, 0) is 15.9 Å². The molecule has 5 rings (SSSR count). The second-order valence-electron chi connectivity index (χ2n) is 9.99. The number of rotatable bonds is 8. The Morgan fingerprint density at radius 1 is 1.00 bits per heavy atom. The van der Waals surface area contributed by atoms with Crippen LogP contribution in [0.2, 0.25) is 0 Å². The summed E-state index contributed by atoms with van der Waals surface area (Å²) in [5.41, 5.74) is 2.78. The van der Waals surface area contributed by atoms with Crippen LogP contribution in [0.15, 0.2) is 24.3 Å². The maximum Gasteiger partial charge on any atom is 0.239 e. The Labute approximate surface area is 210 Å². The summed E-state index contributed by atoms with van der Waals surface area (Å²) in [6, 6.07) is 8.08. The van der Waals surface area contributed by atoms with Crippen LogP contribution < -0.4 is 9.47 Å². The van der Waals surface area contributed by atoms with Gasteiger partial charge in [-0.15, -0.1) is 5.10 Å². The highest BCUT2D eigenvalue weighted by atomic mass is 16.7. The molecule has 198 valence electrons. The molecule has 3 heterocycles. The van der Waals surface area contributed by atoms with E-state index in [0.717, 1.165) is 41.8 Å². The van der Waals surface area contributed by atoms with Crippen LogP contribution in [0.3, 0.4) is 0 Å². The quantitative estimate of drug-likeness (QED) is 0.419. The molecule has 4 N–H and O–H groups in total. The standard InChI is InChI=1S/C26H36N2O8/c1-15-20(12-16-6-8-19(9-7-16)34-18-4-2-3-5-18)25(27-28(15)17-10-11-33-14-17)36-26-24(32)23(31)22(30)21(13-29)35-26/h6-9,17-18,21-24,26,29-32H,2-5,10-14H2,1H3/t17?,21-,22-,23+,24-,26+/m1/s1. The lowest BCUT2D eigenvalue weighted by molar-refractivity contribution is -0.278. The minimum atomic E-state index is -1.52. The first-order chi connectivity index (χ1) is 17.4. The van der Waals surface area contributed by atoms with Crippen LogP contribution in [0.5, 0.6) is 11.6 Å². The van der Waals surface area contributed by atoms with Crippen molar-refractivity contribution in [1.29, 1.82) is 0 Å². The van der Waals surface area contributed by atoms with Crippen LogP contribution in [0, 0.1) is 6.92 Å². The van der Waals surface area contributed by atoms with Crippen LogP contribution in [0.1, 0.15) is 55.0 Å². The molecule has 1 aromatic carbocycles. The molecule has 1 aromatic heterocycles. The summed E-state index contributed by atoms with van der Waals surface area (Å²) in [7, 11) is 0. The van der Waals surface area contributed by atoms with Gasteiger partial charge in [0.25, 0.3) is 0 Å². The van der Waals surface area contributed by atoms with E-state index in [9.17, 15) is 20.4 Å². The zero-order valence-corrected chi connectivity index (χ0v) is 20.5. The molecule has 0 bridgehead atoms. The number of ether oxygens (including phenoxy) is 4. The Hall–Kier alpha value is -2.21. The summed E-state index contributed by atoms with van der Waals surface area (Å²) in [4.78, 5) is 0. The number of hydrogen-bond donors (Lipinski definition) is 4. The fourth-order valence-corrected chi connectivity index (χ4v) is 5.26. The number of aliphatic hydroxyl groups is 4. The van der Waals surface area contributed by atoms with E-state index >= 15 is 0 Å². The first-order valence-electron chi connectivity index (χ1n) is 12.8.